The molecular formula is C14H14FNS. The van der Waals surface area contributed by atoms with Gasteiger partial charge in [-0.05, 0) is 31.0 Å². The van der Waals surface area contributed by atoms with Crippen LogP contribution in [0.25, 0.3) is 10.4 Å². The van der Waals surface area contributed by atoms with Crippen molar-refractivity contribution in [2.75, 3.05) is 0 Å². The molecule has 1 N–H and O–H groups in total. The van der Waals surface area contributed by atoms with Crippen molar-refractivity contribution in [3.05, 3.63) is 47.1 Å². The van der Waals surface area contributed by atoms with Gasteiger partial charge in [0.15, 0.2) is 0 Å². The smallest absolute Gasteiger partial charge is 0.131 e. The minimum Gasteiger partial charge on any atom is -0.309 e. The first-order valence-corrected chi connectivity index (χ1v) is 6.71. The molecule has 0 aliphatic heterocycles. The largest absolute Gasteiger partial charge is 0.309 e. The zero-order valence-electron chi connectivity index (χ0n) is 9.45. The standard InChI is InChI=1S/C14H14FNS/c15-13-4-2-1-3-12(13)14-8-7-11(17-14)9-16-10-5-6-10/h1-4,7-8,10,16H,5-6,9H2. The van der Waals surface area contributed by atoms with Crippen LogP contribution >= 0.6 is 11.3 Å². The van der Waals surface area contributed by atoms with Crippen molar-refractivity contribution < 1.29 is 4.39 Å². The highest BCUT2D eigenvalue weighted by Crippen LogP contribution is 2.30. The van der Waals surface area contributed by atoms with Gasteiger partial charge >= 0.3 is 0 Å². The predicted molar refractivity (Wildman–Crippen MR) is 69.6 cm³/mol. The molecule has 0 unspecified atom stereocenters. The Balaban J connectivity index is 1.77. The van der Waals surface area contributed by atoms with Crippen molar-refractivity contribution in [1.82, 2.24) is 5.32 Å². The average molecular weight is 247 g/mol. The molecule has 1 heterocycles. The Hall–Kier alpha value is -1.19. The highest BCUT2D eigenvalue weighted by atomic mass is 32.1. The van der Waals surface area contributed by atoms with E-state index in [0.717, 1.165) is 11.4 Å². The number of benzene rings is 1. The fourth-order valence-electron chi connectivity index (χ4n) is 1.81. The highest BCUT2D eigenvalue weighted by Gasteiger charge is 2.20. The number of hydrogen-bond donors (Lipinski definition) is 1. The number of thiophene rings is 1. The molecule has 17 heavy (non-hydrogen) atoms. The molecule has 0 atom stereocenters. The van der Waals surface area contributed by atoms with E-state index in [9.17, 15) is 4.39 Å². The van der Waals surface area contributed by atoms with Crippen LogP contribution in [0.5, 0.6) is 0 Å². The molecule has 1 fully saturated rings. The van der Waals surface area contributed by atoms with Gasteiger partial charge in [0.25, 0.3) is 0 Å². The van der Waals surface area contributed by atoms with Gasteiger partial charge in [-0.3, -0.25) is 0 Å². The van der Waals surface area contributed by atoms with Gasteiger partial charge in [0.2, 0.25) is 0 Å². The number of halogens is 1. The van der Waals surface area contributed by atoms with Crippen molar-refractivity contribution in [2.24, 2.45) is 0 Å². The second-order valence-electron chi connectivity index (χ2n) is 4.40. The molecule has 1 saturated carbocycles. The summed E-state index contributed by atoms with van der Waals surface area (Å²) in [5, 5.41) is 3.47. The van der Waals surface area contributed by atoms with E-state index >= 15 is 0 Å². The summed E-state index contributed by atoms with van der Waals surface area (Å²) in [6.45, 7) is 0.907. The molecule has 1 aromatic carbocycles. The molecule has 1 aliphatic carbocycles. The zero-order valence-corrected chi connectivity index (χ0v) is 10.3. The summed E-state index contributed by atoms with van der Waals surface area (Å²) < 4.78 is 13.6. The maximum atomic E-state index is 13.6. The summed E-state index contributed by atoms with van der Waals surface area (Å²) in [4.78, 5) is 2.28. The first-order chi connectivity index (χ1) is 8.33. The average Bonchev–Trinajstić information content (AvgIpc) is 3.06. The lowest BCUT2D eigenvalue weighted by Crippen LogP contribution is -2.14. The van der Waals surface area contributed by atoms with Crippen LogP contribution in [-0.4, -0.2) is 6.04 Å². The van der Waals surface area contributed by atoms with Crippen LogP contribution in [0.4, 0.5) is 4.39 Å². The monoisotopic (exact) mass is 247 g/mol. The first-order valence-electron chi connectivity index (χ1n) is 5.90. The lowest BCUT2D eigenvalue weighted by molar-refractivity contribution is 0.631. The topological polar surface area (TPSA) is 12.0 Å². The zero-order chi connectivity index (χ0) is 11.7. The molecule has 3 rings (SSSR count). The molecule has 0 bridgehead atoms. The van der Waals surface area contributed by atoms with E-state index in [2.05, 4.69) is 11.4 Å². The van der Waals surface area contributed by atoms with E-state index in [1.54, 1.807) is 17.4 Å². The maximum Gasteiger partial charge on any atom is 0.131 e. The van der Waals surface area contributed by atoms with Crippen molar-refractivity contribution in [2.45, 2.75) is 25.4 Å². The maximum absolute atomic E-state index is 13.6. The summed E-state index contributed by atoms with van der Waals surface area (Å²) in [5.41, 5.74) is 0.704. The Bertz CT molecular complexity index is 516. The minimum atomic E-state index is -0.143. The van der Waals surface area contributed by atoms with E-state index < -0.39 is 0 Å². The Morgan fingerprint density at radius 1 is 1.18 bits per heavy atom. The van der Waals surface area contributed by atoms with E-state index in [0.29, 0.717) is 11.6 Å². The van der Waals surface area contributed by atoms with E-state index in [4.69, 9.17) is 0 Å². The lowest BCUT2D eigenvalue weighted by Gasteiger charge is -2.00. The minimum absolute atomic E-state index is 0.143. The third kappa shape index (κ3) is 2.56. The molecular weight excluding hydrogens is 233 g/mol. The van der Waals surface area contributed by atoms with Crippen molar-refractivity contribution >= 4 is 11.3 Å². The van der Waals surface area contributed by atoms with E-state index in [1.807, 2.05) is 18.2 Å². The number of nitrogens with one attached hydrogen (secondary N) is 1. The third-order valence-corrected chi connectivity index (χ3v) is 4.06. The number of rotatable bonds is 4. The van der Waals surface area contributed by atoms with Gasteiger partial charge in [-0.25, -0.2) is 4.39 Å². The van der Waals surface area contributed by atoms with Gasteiger partial charge in [0, 0.05) is 27.9 Å². The number of hydrogen-bond acceptors (Lipinski definition) is 2. The molecule has 0 spiro atoms. The fraction of sp³-hybridized carbons (Fsp3) is 0.286. The van der Waals surface area contributed by atoms with Crippen LogP contribution in [0.2, 0.25) is 0 Å². The molecule has 0 saturated heterocycles. The third-order valence-electron chi connectivity index (χ3n) is 2.94. The van der Waals surface area contributed by atoms with Crippen LogP contribution in [0.1, 0.15) is 17.7 Å². The quantitative estimate of drug-likeness (QED) is 0.866. The molecule has 2 aromatic rings. The Kier molecular flexibility index (Phi) is 2.95. The van der Waals surface area contributed by atoms with E-state index in [1.165, 1.54) is 23.8 Å². The molecule has 0 radical (unpaired) electrons. The Morgan fingerprint density at radius 2 is 2.00 bits per heavy atom. The Labute approximate surface area is 104 Å². The fourth-order valence-corrected chi connectivity index (χ4v) is 2.80. The molecule has 3 heteroatoms. The molecule has 1 aliphatic rings. The summed E-state index contributed by atoms with van der Waals surface area (Å²) in [6, 6.07) is 11.8. The van der Waals surface area contributed by atoms with Crippen LogP contribution in [0.3, 0.4) is 0 Å². The van der Waals surface area contributed by atoms with Crippen LogP contribution in [-0.2, 0) is 6.54 Å². The van der Waals surface area contributed by atoms with Gasteiger partial charge in [0.05, 0.1) is 0 Å². The second kappa shape index (κ2) is 4.59. The van der Waals surface area contributed by atoms with Gasteiger partial charge < -0.3 is 5.32 Å². The van der Waals surface area contributed by atoms with Crippen LogP contribution in [0.15, 0.2) is 36.4 Å². The van der Waals surface area contributed by atoms with Crippen molar-refractivity contribution in [3.63, 3.8) is 0 Å². The van der Waals surface area contributed by atoms with E-state index in [-0.39, 0.29) is 5.82 Å². The molecule has 1 nitrogen and oxygen atoms in total. The highest BCUT2D eigenvalue weighted by molar-refractivity contribution is 7.15. The summed E-state index contributed by atoms with van der Waals surface area (Å²) in [6.07, 6.45) is 2.59. The predicted octanol–water partition coefficient (Wildman–Crippen LogP) is 3.81. The summed E-state index contributed by atoms with van der Waals surface area (Å²) in [7, 11) is 0. The van der Waals surface area contributed by atoms with Gasteiger partial charge in [-0.2, -0.15) is 0 Å². The first kappa shape index (κ1) is 10.9. The van der Waals surface area contributed by atoms with Gasteiger partial charge in [-0.15, -0.1) is 11.3 Å². The van der Waals surface area contributed by atoms with Crippen LogP contribution in [0, 0.1) is 5.82 Å². The molecule has 1 aromatic heterocycles. The van der Waals surface area contributed by atoms with Gasteiger partial charge in [0.1, 0.15) is 5.82 Å². The Morgan fingerprint density at radius 3 is 2.76 bits per heavy atom. The van der Waals surface area contributed by atoms with Crippen molar-refractivity contribution in [1.29, 1.82) is 0 Å². The van der Waals surface area contributed by atoms with Gasteiger partial charge in [-0.1, -0.05) is 18.2 Å². The van der Waals surface area contributed by atoms with Crippen LogP contribution < -0.4 is 5.32 Å². The second-order valence-corrected chi connectivity index (χ2v) is 5.57. The van der Waals surface area contributed by atoms with Crippen molar-refractivity contribution in [3.8, 4) is 10.4 Å². The SMILES string of the molecule is Fc1ccccc1-c1ccc(CNC2CC2)s1. The molecule has 0 amide bonds. The summed E-state index contributed by atoms with van der Waals surface area (Å²) >= 11 is 1.67. The molecule has 88 valence electrons. The normalized spacial score (nSPS) is 15.1. The lowest BCUT2D eigenvalue weighted by atomic mass is 10.2. The summed E-state index contributed by atoms with van der Waals surface area (Å²) in [5.74, 6) is -0.143.